The van der Waals surface area contributed by atoms with Crippen LogP contribution in [0.2, 0.25) is 0 Å². The first kappa shape index (κ1) is 13.1. The first-order valence-electron chi connectivity index (χ1n) is 7.08. The summed E-state index contributed by atoms with van der Waals surface area (Å²) in [5.41, 5.74) is 3.59. The van der Waals surface area contributed by atoms with E-state index in [1.165, 1.54) is 17.5 Å². The number of likely N-dealkylation sites (N-methyl/N-ethyl adjacent to an activating group) is 1. The standard InChI is InChI=1S/C17H19NO2/c1-18(11-16-6-3-9-20-16)12-17(19)15-8-7-13-4-2-5-14(13)10-15/h3,6-10H,2,4-5,11-12H2,1H3. The second kappa shape index (κ2) is 5.63. The highest BCUT2D eigenvalue weighted by Crippen LogP contribution is 2.23. The second-order valence-electron chi connectivity index (χ2n) is 5.51. The summed E-state index contributed by atoms with van der Waals surface area (Å²) < 4.78 is 5.30. The zero-order valence-corrected chi connectivity index (χ0v) is 11.8. The summed E-state index contributed by atoms with van der Waals surface area (Å²) in [7, 11) is 1.94. The summed E-state index contributed by atoms with van der Waals surface area (Å²) in [4.78, 5) is 14.3. The van der Waals surface area contributed by atoms with Crippen molar-refractivity contribution in [3.8, 4) is 0 Å². The molecule has 2 aromatic rings. The fourth-order valence-electron chi connectivity index (χ4n) is 2.81. The molecule has 0 bridgehead atoms. The van der Waals surface area contributed by atoms with Gasteiger partial charge in [0.15, 0.2) is 5.78 Å². The maximum atomic E-state index is 12.3. The molecule has 0 saturated heterocycles. The van der Waals surface area contributed by atoms with Gasteiger partial charge in [-0.15, -0.1) is 0 Å². The predicted molar refractivity (Wildman–Crippen MR) is 77.8 cm³/mol. The number of hydrogen-bond donors (Lipinski definition) is 0. The van der Waals surface area contributed by atoms with E-state index in [-0.39, 0.29) is 5.78 Å². The third-order valence-electron chi connectivity index (χ3n) is 3.84. The molecule has 0 atom stereocenters. The molecule has 3 rings (SSSR count). The van der Waals surface area contributed by atoms with Crippen LogP contribution in [0.1, 0.15) is 33.7 Å². The van der Waals surface area contributed by atoms with Crippen molar-refractivity contribution in [1.82, 2.24) is 4.90 Å². The smallest absolute Gasteiger partial charge is 0.176 e. The highest BCUT2D eigenvalue weighted by atomic mass is 16.3. The third kappa shape index (κ3) is 2.83. The quantitative estimate of drug-likeness (QED) is 0.782. The molecule has 1 heterocycles. The van der Waals surface area contributed by atoms with E-state index in [4.69, 9.17) is 4.42 Å². The largest absolute Gasteiger partial charge is 0.468 e. The van der Waals surface area contributed by atoms with Gasteiger partial charge in [0, 0.05) is 5.56 Å². The van der Waals surface area contributed by atoms with E-state index in [9.17, 15) is 4.79 Å². The van der Waals surface area contributed by atoms with Gasteiger partial charge >= 0.3 is 0 Å². The Labute approximate surface area is 119 Å². The normalized spacial score (nSPS) is 13.7. The molecule has 0 N–H and O–H groups in total. The Morgan fingerprint density at radius 3 is 2.90 bits per heavy atom. The summed E-state index contributed by atoms with van der Waals surface area (Å²) in [6, 6.07) is 9.95. The van der Waals surface area contributed by atoms with E-state index in [2.05, 4.69) is 12.1 Å². The Morgan fingerprint density at radius 2 is 2.10 bits per heavy atom. The molecule has 1 aromatic heterocycles. The summed E-state index contributed by atoms with van der Waals surface area (Å²) in [5.74, 6) is 1.06. The van der Waals surface area contributed by atoms with Gasteiger partial charge in [0.05, 0.1) is 19.4 Å². The van der Waals surface area contributed by atoms with Gasteiger partial charge in [-0.05, 0) is 55.6 Å². The lowest BCUT2D eigenvalue weighted by molar-refractivity contribution is 0.0939. The minimum absolute atomic E-state index is 0.175. The monoisotopic (exact) mass is 269 g/mol. The van der Waals surface area contributed by atoms with Crippen molar-refractivity contribution in [2.24, 2.45) is 0 Å². The Kier molecular flexibility index (Phi) is 3.70. The molecule has 1 aromatic carbocycles. The molecule has 1 aliphatic carbocycles. The maximum absolute atomic E-state index is 12.3. The predicted octanol–water partition coefficient (Wildman–Crippen LogP) is 3.08. The molecule has 104 valence electrons. The Balaban J connectivity index is 1.64. The SMILES string of the molecule is CN(CC(=O)c1ccc2c(c1)CCC2)Cc1ccco1. The van der Waals surface area contributed by atoms with Crippen molar-refractivity contribution in [2.45, 2.75) is 25.8 Å². The number of ketones is 1. The number of aryl methyl sites for hydroxylation is 2. The van der Waals surface area contributed by atoms with Crippen LogP contribution in [0.25, 0.3) is 0 Å². The minimum Gasteiger partial charge on any atom is -0.468 e. The molecule has 0 spiro atoms. The molecule has 0 radical (unpaired) electrons. The number of nitrogens with zero attached hydrogens (tertiary/aromatic N) is 1. The van der Waals surface area contributed by atoms with Crippen molar-refractivity contribution in [2.75, 3.05) is 13.6 Å². The van der Waals surface area contributed by atoms with Gasteiger partial charge in [-0.3, -0.25) is 9.69 Å². The van der Waals surface area contributed by atoms with Gasteiger partial charge in [-0.25, -0.2) is 0 Å². The Hall–Kier alpha value is -1.87. The fourth-order valence-corrected chi connectivity index (χ4v) is 2.81. The molecular weight excluding hydrogens is 250 g/mol. The Morgan fingerprint density at radius 1 is 1.25 bits per heavy atom. The van der Waals surface area contributed by atoms with E-state index < -0.39 is 0 Å². The van der Waals surface area contributed by atoms with Crippen molar-refractivity contribution in [3.63, 3.8) is 0 Å². The van der Waals surface area contributed by atoms with Crippen LogP contribution in [0.3, 0.4) is 0 Å². The number of carbonyl (C=O) groups excluding carboxylic acids is 1. The summed E-state index contributed by atoms with van der Waals surface area (Å²) in [5, 5.41) is 0. The van der Waals surface area contributed by atoms with Crippen LogP contribution < -0.4 is 0 Å². The average molecular weight is 269 g/mol. The van der Waals surface area contributed by atoms with E-state index >= 15 is 0 Å². The molecular formula is C17H19NO2. The van der Waals surface area contributed by atoms with Crippen LogP contribution in [-0.2, 0) is 19.4 Å². The van der Waals surface area contributed by atoms with Gasteiger partial charge in [0.1, 0.15) is 5.76 Å². The molecule has 0 saturated carbocycles. The Bertz CT molecular complexity index is 601. The molecule has 3 nitrogen and oxygen atoms in total. The topological polar surface area (TPSA) is 33.5 Å². The lowest BCUT2D eigenvalue weighted by atomic mass is 10.0. The molecule has 1 aliphatic rings. The molecule has 0 unspecified atom stereocenters. The third-order valence-corrected chi connectivity index (χ3v) is 3.84. The molecule has 0 aliphatic heterocycles. The number of hydrogen-bond acceptors (Lipinski definition) is 3. The van der Waals surface area contributed by atoms with Crippen LogP contribution in [-0.4, -0.2) is 24.3 Å². The van der Waals surface area contributed by atoms with Crippen LogP contribution in [0.4, 0.5) is 0 Å². The lowest BCUT2D eigenvalue weighted by Gasteiger charge is -2.14. The number of furan rings is 1. The lowest BCUT2D eigenvalue weighted by Crippen LogP contribution is -2.25. The second-order valence-corrected chi connectivity index (χ2v) is 5.51. The van der Waals surface area contributed by atoms with E-state index in [1.54, 1.807) is 6.26 Å². The maximum Gasteiger partial charge on any atom is 0.176 e. The number of Topliss-reactive ketones (excluding diaryl/α,β-unsaturated/α-hetero) is 1. The first-order chi connectivity index (χ1) is 9.72. The summed E-state index contributed by atoms with van der Waals surface area (Å²) in [6.07, 6.45) is 5.14. The van der Waals surface area contributed by atoms with Crippen LogP contribution in [0, 0.1) is 0 Å². The highest BCUT2D eigenvalue weighted by molar-refractivity contribution is 5.97. The summed E-state index contributed by atoms with van der Waals surface area (Å²) in [6.45, 7) is 1.07. The van der Waals surface area contributed by atoms with Crippen molar-refractivity contribution < 1.29 is 9.21 Å². The van der Waals surface area contributed by atoms with E-state index in [0.717, 1.165) is 24.2 Å². The minimum atomic E-state index is 0.175. The number of rotatable bonds is 5. The summed E-state index contributed by atoms with van der Waals surface area (Å²) >= 11 is 0. The van der Waals surface area contributed by atoms with Crippen LogP contribution in [0.5, 0.6) is 0 Å². The average Bonchev–Trinajstić information content (AvgIpc) is 3.07. The van der Waals surface area contributed by atoms with Gasteiger partial charge in [0.25, 0.3) is 0 Å². The van der Waals surface area contributed by atoms with Crippen LogP contribution in [0.15, 0.2) is 41.0 Å². The molecule has 0 fully saturated rings. The number of fused-ring (bicyclic) bond motifs is 1. The number of benzene rings is 1. The van der Waals surface area contributed by atoms with Crippen molar-refractivity contribution in [3.05, 3.63) is 59.0 Å². The van der Waals surface area contributed by atoms with Gasteiger partial charge in [-0.1, -0.05) is 12.1 Å². The van der Waals surface area contributed by atoms with Gasteiger partial charge < -0.3 is 4.42 Å². The zero-order chi connectivity index (χ0) is 13.9. The van der Waals surface area contributed by atoms with Gasteiger partial charge in [0.2, 0.25) is 0 Å². The van der Waals surface area contributed by atoms with Crippen LogP contribution >= 0.6 is 0 Å². The van der Waals surface area contributed by atoms with Crippen molar-refractivity contribution in [1.29, 1.82) is 0 Å². The van der Waals surface area contributed by atoms with Crippen molar-refractivity contribution >= 4 is 5.78 Å². The molecule has 20 heavy (non-hydrogen) atoms. The van der Waals surface area contributed by atoms with E-state index in [0.29, 0.717) is 13.1 Å². The fraction of sp³-hybridized carbons (Fsp3) is 0.353. The molecule has 3 heteroatoms. The molecule has 0 amide bonds. The van der Waals surface area contributed by atoms with Gasteiger partial charge in [-0.2, -0.15) is 0 Å². The number of carbonyl (C=O) groups is 1. The first-order valence-corrected chi connectivity index (χ1v) is 7.08. The zero-order valence-electron chi connectivity index (χ0n) is 11.8. The van der Waals surface area contributed by atoms with E-state index in [1.807, 2.05) is 30.1 Å². The highest BCUT2D eigenvalue weighted by Gasteiger charge is 2.15.